The Kier molecular flexibility index (Phi) is 10.8. The van der Waals surface area contributed by atoms with Crippen LogP contribution in [0.25, 0.3) is 0 Å². The number of amides is 5. The van der Waals surface area contributed by atoms with Gasteiger partial charge in [-0.3, -0.25) is 14.4 Å². The van der Waals surface area contributed by atoms with Crippen LogP contribution < -0.4 is 29.3 Å². The normalized spacial score (nSPS) is 21.4. The van der Waals surface area contributed by atoms with Gasteiger partial charge in [0.15, 0.2) is 24.0 Å². The topological polar surface area (TPSA) is 197 Å². The molecule has 17 nitrogen and oxygen atoms in total. The molecule has 17 heteroatoms. The first kappa shape index (κ1) is 37.7. The fraction of sp³-hybridized carbons (Fsp3) is 0.378. The number of fused-ring (bicyclic) bond motifs is 4. The highest BCUT2D eigenvalue weighted by atomic mass is 16.6. The Labute approximate surface area is 310 Å². The molecule has 1 fully saturated rings. The van der Waals surface area contributed by atoms with Gasteiger partial charge in [-0.05, 0) is 43.0 Å². The minimum Gasteiger partial charge on any atom is -0.495 e. The van der Waals surface area contributed by atoms with Crippen molar-refractivity contribution in [3.63, 3.8) is 0 Å². The molecule has 1 saturated heterocycles. The third kappa shape index (κ3) is 6.67. The lowest BCUT2D eigenvalue weighted by Gasteiger charge is -2.31. The zero-order valence-electron chi connectivity index (χ0n) is 30.0. The summed E-state index contributed by atoms with van der Waals surface area (Å²) in [6.45, 7) is 7.18. The van der Waals surface area contributed by atoms with Gasteiger partial charge in [-0.25, -0.2) is 19.4 Å². The van der Waals surface area contributed by atoms with Crippen LogP contribution in [-0.2, 0) is 14.3 Å². The van der Waals surface area contributed by atoms with E-state index in [1.54, 1.807) is 0 Å². The Balaban J connectivity index is 1.30. The predicted molar refractivity (Wildman–Crippen MR) is 193 cm³/mol. The van der Waals surface area contributed by atoms with Gasteiger partial charge < -0.3 is 49.0 Å². The third-order valence-corrected chi connectivity index (χ3v) is 9.67. The summed E-state index contributed by atoms with van der Waals surface area (Å²) < 4.78 is 26.9. The first-order valence-electron chi connectivity index (χ1n) is 17.1. The fourth-order valence-corrected chi connectivity index (χ4v) is 7.22. The first-order valence-corrected chi connectivity index (χ1v) is 17.1. The summed E-state index contributed by atoms with van der Waals surface area (Å²) in [6.07, 6.45) is 0.0707. The number of anilines is 3. The molecule has 0 aliphatic carbocycles. The maximum atomic E-state index is 14.0. The van der Waals surface area contributed by atoms with Gasteiger partial charge in [0, 0.05) is 25.2 Å². The van der Waals surface area contributed by atoms with E-state index in [1.165, 1.54) is 73.7 Å². The van der Waals surface area contributed by atoms with Crippen LogP contribution in [0, 0.1) is 0 Å². The zero-order valence-corrected chi connectivity index (χ0v) is 30.0. The smallest absolute Gasteiger partial charge is 0.416 e. The largest absolute Gasteiger partial charge is 0.495 e. The minimum atomic E-state index is -1.61. The molecule has 5 amide bonds. The standard InChI is InChI=1S/C37H41N5O12/c1-6-11-53-36(48)41-25-17-23(28(50-3)15-21(25)32(44)39-10-8-9-24(39)34(41)46)38-31(43)14-20-13-27-35(47)42(37(49)54-12-7-2)26-18-30(52-5)29(51-4)16-22(26)33(45)40(27)19-20/h6-7,15-19,24,27,34-35,46-47H,1-2,8-14H2,3-5H3,(H,38,43)/t24-,27-,34-,35-/m0/s1. The minimum absolute atomic E-state index is 0.00315. The van der Waals surface area contributed by atoms with E-state index < -0.39 is 54.4 Å². The van der Waals surface area contributed by atoms with Gasteiger partial charge >= 0.3 is 12.2 Å². The number of aliphatic hydroxyl groups excluding tert-OH is 2. The maximum Gasteiger partial charge on any atom is 0.416 e. The molecule has 286 valence electrons. The lowest BCUT2D eigenvalue weighted by molar-refractivity contribution is -0.115. The van der Waals surface area contributed by atoms with Gasteiger partial charge in [-0.1, -0.05) is 25.3 Å². The molecule has 4 heterocycles. The molecule has 4 aliphatic heterocycles. The average Bonchev–Trinajstić information content (AvgIpc) is 3.80. The molecule has 54 heavy (non-hydrogen) atoms. The molecule has 0 radical (unpaired) electrons. The van der Waals surface area contributed by atoms with Gasteiger partial charge in [0.2, 0.25) is 5.91 Å². The number of nitrogens with zero attached hydrogens (tertiary/aromatic N) is 4. The van der Waals surface area contributed by atoms with Crippen molar-refractivity contribution < 1.29 is 57.9 Å². The number of ether oxygens (including phenoxy) is 5. The predicted octanol–water partition coefficient (Wildman–Crippen LogP) is 3.37. The highest BCUT2D eigenvalue weighted by Crippen LogP contribution is 2.43. The van der Waals surface area contributed by atoms with Crippen LogP contribution in [0.3, 0.4) is 0 Å². The maximum absolute atomic E-state index is 14.0. The van der Waals surface area contributed by atoms with Gasteiger partial charge in [0.25, 0.3) is 11.8 Å². The number of benzene rings is 2. The Morgan fingerprint density at radius 3 is 1.98 bits per heavy atom. The number of methoxy groups -OCH3 is 3. The third-order valence-electron chi connectivity index (χ3n) is 9.67. The average molecular weight is 748 g/mol. The van der Waals surface area contributed by atoms with Crippen molar-refractivity contribution >= 4 is 47.0 Å². The summed E-state index contributed by atoms with van der Waals surface area (Å²) in [4.78, 5) is 72.7. The summed E-state index contributed by atoms with van der Waals surface area (Å²) >= 11 is 0. The van der Waals surface area contributed by atoms with Crippen LogP contribution >= 0.6 is 0 Å². The highest BCUT2D eigenvalue weighted by molar-refractivity contribution is 6.08. The molecule has 0 bridgehead atoms. The second-order valence-corrected chi connectivity index (χ2v) is 12.8. The Bertz CT molecular complexity index is 1930. The van der Waals surface area contributed by atoms with Crippen LogP contribution in [0.4, 0.5) is 26.7 Å². The first-order chi connectivity index (χ1) is 26.0. The van der Waals surface area contributed by atoms with Crippen molar-refractivity contribution in [2.75, 3.05) is 56.2 Å². The van der Waals surface area contributed by atoms with Crippen molar-refractivity contribution in [2.45, 2.75) is 50.2 Å². The van der Waals surface area contributed by atoms with Crippen molar-refractivity contribution in [1.82, 2.24) is 9.80 Å². The number of aliphatic hydroxyl groups is 2. The van der Waals surface area contributed by atoms with Gasteiger partial charge in [0.05, 0.1) is 61.6 Å². The molecular formula is C37H41N5O12. The molecular weight excluding hydrogens is 706 g/mol. The zero-order chi connectivity index (χ0) is 38.8. The molecule has 4 atom stereocenters. The number of hydrogen-bond donors (Lipinski definition) is 3. The molecule has 0 aromatic heterocycles. The van der Waals surface area contributed by atoms with Crippen LogP contribution in [0.1, 0.15) is 46.4 Å². The monoisotopic (exact) mass is 747 g/mol. The van der Waals surface area contributed by atoms with Crippen LogP contribution in [0.15, 0.2) is 61.3 Å². The number of hydrogen-bond acceptors (Lipinski definition) is 12. The summed E-state index contributed by atoms with van der Waals surface area (Å²) in [5, 5.41) is 25.8. The van der Waals surface area contributed by atoms with Crippen molar-refractivity contribution in [3.8, 4) is 17.2 Å². The van der Waals surface area contributed by atoms with E-state index in [4.69, 9.17) is 23.7 Å². The van der Waals surface area contributed by atoms with E-state index in [2.05, 4.69) is 18.5 Å². The molecule has 4 aliphatic rings. The SMILES string of the molecule is C=CCOC(=O)N1c2cc(OC)c(OC)cc2C(=O)N2C=C(CC(=O)Nc3cc4c(cc3OC)C(=O)N3CCC[C@H]3[C@H](O)N4C(=O)OCC=C)C[C@H]2[C@@H]1O. The Morgan fingerprint density at radius 1 is 0.815 bits per heavy atom. The second-order valence-electron chi connectivity index (χ2n) is 12.8. The van der Waals surface area contributed by atoms with Crippen molar-refractivity contribution in [1.29, 1.82) is 0 Å². The summed E-state index contributed by atoms with van der Waals surface area (Å²) in [6, 6.07) is 3.85. The number of carbonyl (C=O) groups excluding carboxylic acids is 5. The molecule has 0 saturated carbocycles. The van der Waals surface area contributed by atoms with E-state index in [9.17, 15) is 34.2 Å². The summed E-state index contributed by atoms with van der Waals surface area (Å²) in [5.74, 6) is -1.06. The number of rotatable bonds is 10. The molecule has 0 spiro atoms. The van der Waals surface area contributed by atoms with E-state index in [1.807, 2.05) is 0 Å². The highest BCUT2D eigenvalue weighted by Gasteiger charge is 2.47. The molecule has 2 aromatic rings. The van der Waals surface area contributed by atoms with Crippen LogP contribution in [-0.4, -0.2) is 116 Å². The Hall–Kier alpha value is -6.07. The quantitative estimate of drug-likeness (QED) is 0.300. The molecule has 2 aromatic carbocycles. The Morgan fingerprint density at radius 2 is 1.37 bits per heavy atom. The van der Waals surface area contributed by atoms with E-state index >= 15 is 0 Å². The fourth-order valence-electron chi connectivity index (χ4n) is 7.22. The van der Waals surface area contributed by atoms with Crippen molar-refractivity contribution in [3.05, 3.63) is 72.5 Å². The lowest BCUT2D eigenvalue weighted by atomic mass is 10.0. The molecule has 0 unspecified atom stereocenters. The van der Waals surface area contributed by atoms with Crippen LogP contribution in [0.5, 0.6) is 17.2 Å². The van der Waals surface area contributed by atoms with E-state index in [0.29, 0.717) is 25.0 Å². The number of nitrogens with one attached hydrogen (secondary N) is 1. The van der Waals surface area contributed by atoms with Crippen LogP contribution in [0.2, 0.25) is 0 Å². The second kappa shape index (κ2) is 15.5. The van der Waals surface area contributed by atoms with E-state index in [-0.39, 0.29) is 71.5 Å². The number of carbonyl (C=O) groups is 5. The summed E-state index contributed by atoms with van der Waals surface area (Å²) in [7, 11) is 4.13. The van der Waals surface area contributed by atoms with Gasteiger partial charge in [0.1, 0.15) is 19.0 Å². The lowest BCUT2D eigenvalue weighted by Crippen LogP contribution is -2.50. The van der Waals surface area contributed by atoms with Crippen molar-refractivity contribution in [2.24, 2.45) is 0 Å². The molecule has 3 N–H and O–H groups in total. The molecule has 6 rings (SSSR count). The summed E-state index contributed by atoms with van der Waals surface area (Å²) in [5.41, 5.74) is 0.623. The van der Waals surface area contributed by atoms with Gasteiger partial charge in [-0.2, -0.15) is 0 Å². The van der Waals surface area contributed by atoms with E-state index in [0.717, 1.165) is 9.80 Å². The van der Waals surface area contributed by atoms with Gasteiger partial charge in [-0.15, -0.1) is 0 Å².